The molecule has 4 nitrogen and oxygen atoms in total. The lowest BCUT2D eigenvalue weighted by Gasteiger charge is -2.59. The summed E-state index contributed by atoms with van der Waals surface area (Å²) in [5, 5.41) is 5.04. The first-order chi connectivity index (χ1) is 5.09. The van der Waals surface area contributed by atoms with Gasteiger partial charge in [-0.05, 0) is 19.3 Å². The molecular weight excluding hydrogens is 176 g/mol. The van der Waals surface area contributed by atoms with Crippen molar-refractivity contribution in [3.8, 4) is 0 Å². The molecule has 0 aliphatic carbocycles. The molecule has 5 heteroatoms. The summed E-state index contributed by atoms with van der Waals surface area (Å²) in [6, 6.07) is 0. The first-order valence-electron chi connectivity index (χ1n) is 3.89. The minimum absolute atomic E-state index is 0.0133. The molecule has 1 aliphatic rings. The Kier molecular flexibility index (Phi) is 1.84. The zero-order valence-electron chi connectivity index (χ0n) is 7.96. The molecule has 0 bridgehead atoms. The van der Waals surface area contributed by atoms with Crippen LogP contribution in [0.1, 0.15) is 27.7 Å². The van der Waals surface area contributed by atoms with Gasteiger partial charge in [-0.1, -0.05) is 13.8 Å². The molecule has 1 rings (SSSR count). The van der Waals surface area contributed by atoms with Crippen LogP contribution in [0.15, 0.2) is 0 Å². The molecule has 0 aromatic rings. The Bertz CT molecular complexity index is 293. The molecule has 1 fully saturated rings. The van der Waals surface area contributed by atoms with Gasteiger partial charge in [0.15, 0.2) is 0 Å². The van der Waals surface area contributed by atoms with Crippen LogP contribution in [0.25, 0.3) is 0 Å². The fourth-order valence-corrected chi connectivity index (χ4v) is 2.79. The Balaban J connectivity index is 2.95. The van der Waals surface area contributed by atoms with Crippen molar-refractivity contribution in [3.05, 3.63) is 0 Å². The third-order valence-corrected chi connectivity index (χ3v) is 4.33. The molecule has 0 amide bonds. The minimum Gasteiger partial charge on any atom is -0.216 e. The molecule has 1 heterocycles. The Morgan fingerprint density at radius 3 is 1.75 bits per heavy atom. The third kappa shape index (κ3) is 1.16. The number of nitrogens with two attached hydrogens (primary N) is 1. The molecular formula is C7H16N2O2S. The van der Waals surface area contributed by atoms with E-state index in [-0.39, 0.29) is 11.0 Å². The zero-order chi connectivity index (χ0) is 9.78. The lowest BCUT2D eigenvalue weighted by Crippen LogP contribution is -2.71. The van der Waals surface area contributed by atoms with Crippen LogP contribution >= 0.6 is 0 Å². The van der Waals surface area contributed by atoms with Crippen molar-refractivity contribution in [2.24, 2.45) is 10.6 Å². The van der Waals surface area contributed by atoms with Crippen LogP contribution in [-0.2, 0) is 10.2 Å². The van der Waals surface area contributed by atoms with Crippen molar-refractivity contribution >= 4 is 10.2 Å². The Morgan fingerprint density at radius 2 is 1.67 bits per heavy atom. The molecule has 0 spiro atoms. The van der Waals surface area contributed by atoms with Crippen LogP contribution in [-0.4, -0.2) is 24.8 Å². The molecule has 0 atom stereocenters. The predicted molar refractivity (Wildman–Crippen MR) is 47.7 cm³/mol. The highest BCUT2D eigenvalue weighted by Crippen LogP contribution is 2.47. The average molecular weight is 192 g/mol. The first kappa shape index (κ1) is 9.95. The maximum Gasteiger partial charge on any atom is 0.277 e. The highest BCUT2D eigenvalue weighted by atomic mass is 32.2. The summed E-state index contributed by atoms with van der Waals surface area (Å²) in [5.74, 6) is 0. The second-order valence-corrected chi connectivity index (χ2v) is 5.97. The average Bonchev–Trinajstić information content (AvgIpc) is 1.81. The molecule has 0 unspecified atom stereocenters. The number of nitrogens with zero attached hydrogens (tertiary/aromatic N) is 1. The van der Waals surface area contributed by atoms with Gasteiger partial charge in [-0.2, -0.15) is 12.7 Å². The molecule has 0 aromatic carbocycles. The molecule has 12 heavy (non-hydrogen) atoms. The second kappa shape index (κ2) is 2.21. The predicted octanol–water partition coefficient (Wildman–Crippen LogP) is 0.310. The van der Waals surface area contributed by atoms with Gasteiger partial charge in [0, 0.05) is 12.1 Å². The minimum atomic E-state index is -3.51. The summed E-state index contributed by atoms with van der Waals surface area (Å²) in [7, 11) is -3.51. The van der Waals surface area contributed by atoms with E-state index in [0.717, 1.165) is 0 Å². The number of rotatable bonds is 1. The number of hydrogen-bond acceptors (Lipinski definition) is 2. The van der Waals surface area contributed by atoms with Crippen molar-refractivity contribution in [2.75, 3.05) is 6.54 Å². The molecule has 72 valence electrons. The second-order valence-electron chi connectivity index (χ2n) is 4.49. The smallest absolute Gasteiger partial charge is 0.216 e. The van der Waals surface area contributed by atoms with Crippen molar-refractivity contribution in [3.63, 3.8) is 0 Å². The van der Waals surface area contributed by atoms with Gasteiger partial charge in [-0.15, -0.1) is 0 Å². The fourth-order valence-electron chi connectivity index (χ4n) is 1.40. The summed E-state index contributed by atoms with van der Waals surface area (Å²) < 4.78 is 23.4. The Hall–Kier alpha value is -0.130. The summed E-state index contributed by atoms with van der Waals surface area (Å²) in [6.07, 6.45) is 0. The lowest BCUT2D eigenvalue weighted by atomic mass is 9.67. The van der Waals surface area contributed by atoms with E-state index in [1.165, 1.54) is 4.31 Å². The van der Waals surface area contributed by atoms with Crippen LogP contribution in [0.3, 0.4) is 0 Å². The third-order valence-electron chi connectivity index (χ3n) is 3.13. The van der Waals surface area contributed by atoms with Crippen LogP contribution < -0.4 is 5.14 Å². The molecule has 1 saturated heterocycles. The Morgan fingerprint density at radius 1 is 1.25 bits per heavy atom. The maximum absolute atomic E-state index is 11.0. The highest BCUT2D eigenvalue weighted by molar-refractivity contribution is 7.86. The van der Waals surface area contributed by atoms with E-state index in [4.69, 9.17) is 5.14 Å². The van der Waals surface area contributed by atoms with Gasteiger partial charge in [0.1, 0.15) is 0 Å². The van der Waals surface area contributed by atoms with E-state index >= 15 is 0 Å². The van der Waals surface area contributed by atoms with Crippen LogP contribution in [0.4, 0.5) is 0 Å². The molecule has 0 saturated carbocycles. The zero-order valence-corrected chi connectivity index (χ0v) is 8.77. The standard InChI is InChI=1S/C7H16N2O2S/c1-6(2)5-9(7(6,3)4)12(8,10)11/h5H2,1-4H3,(H2,8,10,11). The van der Waals surface area contributed by atoms with Crippen molar-refractivity contribution in [2.45, 2.75) is 33.2 Å². The van der Waals surface area contributed by atoms with Gasteiger partial charge in [0.05, 0.1) is 0 Å². The van der Waals surface area contributed by atoms with Gasteiger partial charge in [0.2, 0.25) is 0 Å². The van der Waals surface area contributed by atoms with Crippen LogP contribution in [0.5, 0.6) is 0 Å². The normalized spacial score (nSPS) is 28.1. The topological polar surface area (TPSA) is 63.4 Å². The Labute approximate surface area is 73.9 Å². The van der Waals surface area contributed by atoms with Gasteiger partial charge < -0.3 is 0 Å². The van der Waals surface area contributed by atoms with E-state index in [0.29, 0.717) is 6.54 Å². The largest absolute Gasteiger partial charge is 0.277 e. The van der Waals surface area contributed by atoms with Gasteiger partial charge in [-0.25, -0.2) is 5.14 Å². The SMILES string of the molecule is CC1(C)CN(S(N)(=O)=O)C1(C)C. The monoisotopic (exact) mass is 192 g/mol. The van der Waals surface area contributed by atoms with E-state index < -0.39 is 10.2 Å². The van der Waals surface area contributed by atoms with E-state index in [1.807, 2.05) is 27.7 Å². The maximum atomic E-state index is 11.0. The molecule has 2 N–H and O–H groups in total. The van der Waals surface area contributed by atoms with Crippen LogP contribution in [0.2, 0.25) is 0 Å². The van der Waals surface area contributed by atoms with Gasteiger partial charge >= 0.3 is 0 Å². The quantitative estimate of drug-likeness (QED) is 0.650. The van der Waals surface area contributed by atoms with Crippen molar-refractivity contribution in [1.82, 2.24) is 4.31 Å². The summed E-state index contributed by atoms with van der Waals surface area (Å²) in [6.45, 7) is 8.37. The van der Waals surface area contributed by atoms with Gasteiger partial charge in [0.25, 0.3) is 10.2 Å². The van der Waals surface area contributed by atoms with Crippen molar-refractivity contribution in [1.29, 1.82) is 0 Å². The van der Waals surface area contributed by atoms with Gasteiger partial charge in [-0.3, -0.25) is 0 Å². The molecule has 1 aliphatic heterocycles. The first-order valence-corrected chi connectivity index (χ1v) is 5.40. The van der Waals surface area contributed by atoms with E-state index in [1.54, 1.807) is 0 Å². The highest BCUT2D eigenvalue weighted by Gasteiger charge is 2.56. The summed E-state index contributed by atoms with van der Waals surface area (Å²) in [5.41, 5.74) is -0.347. The fraction of sp³-hybridized carbons (Fsp3) is 1.00. The van der Waals surface area contributed by atoms with E-state index in [2.05, 4.69) is 0 Å². The molecule has 0 radical (unpaired) electrons. The summed E-state index contributed by atoms with van der Waals surface area (Å²) >= 11 is 0. The van der Waals surface area contributed by atoms with E-state index in [9.17, 15) is 8.42 Å². The number of hydrogen-bond donors (Lipinski definition) is 1. The molecule has 0 aromatic heterocycles. The lowest BCUT2D eigenvalue weighted by molar-refractivity contribution is -0.0518. The van der Waals surface area contributed by atoms with Crippen LogP contribution in [0, 0.1) is 5.41 Å². The van der Waals surface area contributed by atoms with Crippen molar-refractivity contribution < 1.29 is 8.42 Å². The summed E-state index contributed by atoms with van der Waals surface area (Å²) in [4.78, 5) is 0.